The molecule has 0 radical (unpaired) electrons. The number of alkyl halides is 3. The standard InChI is InChI=1S/C24H28F3N5O4/c1-15-11-29(8-9-30(15)23(35)31-7-6-20(28-31)22(33)34)12-16-2-3-17(24(25,26)27)10-21(16)32-18-4-5-19(32)14-36-13-18/h2-3,6-7,10,15,18-19H,4-5,8-9,11-14H2,1H3,(H,33,34)/t15-,18?,19?/m0/s1. The Kier molecular flexibility index (Phi) is 6.41. The summed E-state index contributed by atoms with van der Waals surface area (Å²) in [7, 11) is 0. The van der Waals surface area contributed by atoms with Crippen molar-refractivity contribution in [2.75, 3.05) is 37.7 Å². The zero-order chi connectivity index (χ0) is 25.6. The Morgan fingerprint density at radius 1 is 1.14 bits per heavy atom. The number of benzene rings is 1. The van der Waals surface area contributed by atoms with Gasteiger partial charge in [-0.3, -0.25) is 4.90 Å². The van der Waals surface area contributed by atoms with Crippen molar-refractivity contribution < 1.29 is 32.6 Å². The molecule has 0 aliphatic carbocycles. The van der Waals surface area contributed by atoms with E-state index in [-0.39, 0.29) is 23.8 Å². The number of carboxylic acid groups (broad SMARTS) is 1. The van der Waals surface area contributed by atoms with E-state index < -0.39 is 23.7 Å². The van der Waals surface area contributed by atoms with Crippen LogP contribution in [0.4, 0.5) is 23.7 Å². The largest absolute Gasteiger partial charge is 0.476 e. The third-order valence-electron chi connectivity index (χ3n) is 7.29. The fraction of sp³-hybridized carbons (Fsp3) is 0.542. The number of carbonyl (C=O) groups is 2. The fourth-order valence-electron chi connectivity index (χ4n) is 5.51. The van der Waals surface area contributed by atoms with E-state index in [4.69, 9.17) is 9.84 Å². The minimum absolute atomic E-state index is 0.0733. The summed E-state index contributed by atoms with van der Waals surface area (Å²) in [6.45, 7) is 4.82. The van der Waals surface area contributed by atoms with Crippen molar-refractivity contribution in [2.24, 2.45) is 0 Å². The topological polar surface area (TPSA) is 91.1 Å². The highest BCUT2D eigenvalue weighted by Crippen LogP contribution is 2.40. The molecule has 2 unspecified atom stereocenters. The van der Waals surface area contributed by atoms with Crippen molar-refractivity contribution in [3.05, 3.63) is 47.3 Å². The van der Waals surface area contributed by atoms with Crippen LogP contribution in [-0.2, 0) is 17.5 Å². The van der Waals surface area contributed by atoms with Crippen LogP contribution in [0.25, 0.3) is 0 Å². The van der Waals surface area contributed by atoms with Crippen LogP contribution >= 0.6 is 0 Å². The number of piperazine rings is 1. The van der Waals surface area contributed by atoms with E-state index in [0.29, 0.717) is 45.1 Å². The Labute approximate surface area is 206 Å². The van der Waals surface area contributed by atoms with Crippen molar-refractivity contribution in [1.29, 1.82) is 0 Å². The van der Waals surface area contributed by atoms with Gasteiger partial charge in [-0.15, -0.1) is 0 Å². The van der Waals surface area contributed by atoms with Crippen molar-refractivity contribution in [1.82, 2.24) is 19.6 Å². The van der Waals surface area contributed by atoms with E-state index in [1.165, 1.54) is 18.3 Å². The average molecular weight is 508 g/mol. The summed E-state index contributed by atoms with van der Waals surface area (Å²) in [5.41, 5.74) is 0.578. The number of carbonyl (C=O) groups excluding carboxylic acids is 1. The van der Waals surface area contributed by atoms with Crippen molar-refractivity contribution in [2.45, 2.75) is 50.6 Å². The second-order valence-corrected chi connectivity index (χ2v) is 9.68. The van der Waals surface area contributed by atoms with E-state index in [9.17, 15) is 22.8 Å². The van der Waals surface area contributed by atoms with Crippen LogP contribution in [0, 0.1) is 0 Å². The lowest BCUT2D eigenvalue weighted by atomic mass is 10.0. The number of halogens is 3. The van der Waals surface area contributed by atoms with E-state index >= 15 is 0 Å². The number of hydrogen-bond donors (Lipinski definition) is 1. The molecule has 2 aromatic rings. The van der Waals surface area contributed by atoms with Gasteiger partial charge in [-0.2, -0.15) is 23.0 Å². The second-order valence-electron chi connectivity index (χ2n) is 9.68. The molecular formula is C24H28F3N5O4. The molecule has 1 aromatic heterocycles. The zero-order valence-corrected chi connectivity index (χ0v) is 19.8. The lowest BCUT2D eigenvalue weighted by Gasteiger charge is -2.41. The van der Waals surface area contributed by atoms with Gasteiger partial charge in [0.2, 0.25) is 0 Å². The van der Waals surface area contributed by atoms with Gasteiger partial charge in [0.15, 0.2) is 5.69 Å². The van der Waals surface area contributed by atoms with Crippen LogP contribution in [-0.4, -0.2) is 87.7 Å². The molecule has 1 aromatic carbocycles. The first-order valence-electron chi connectivity index (χ1n) is 12.0. The highest BCUT2D eigenvalue weighted by molar-refractivity contribution is 5.86. The summed E-state index contributed by atoms with van der Waals surface area (Å²) in [5.74, 6) is -1.21. The highest BCUT2D eigenvalue weighted by Gasteiger charge is 2.40. The summed E-state index contributed by atoms with van der Waals surface area (Å²) in [6.07, 6.45) is -1.30. The van der Waals surface area contributed by atoms with E-state index in [2.05, 4.69) is 14.9 Å². The molecule has 1 N–H and O–H groups in total. The Bertz CT molecular complexity index is 1140. The number of fused-ring (bicyclic) bond motifs is 2. The smallest absolute Gasteiger partial charge is 0.416 e. The number of aromatic nitrogens is 2. The normalized spacial score (nSPS) is 24.8. The quantitative estimate of drug-likeness (QED) is 0.680. The van der Waals surface area contributed by atoms with Gasteiger partial charge in [0.1, 0.15) is 0 Å². The molecule has 4 heterocycles. The van der Waals surface area contributed by atoms with Crippen LogP contribution in [0.3, 0.4) is 0 Å². The predicted molar refractivity (Wildman–Crippen MR) is 123 cm³/mol. The Morgan fingerprint density at radius 2 is 1.86 bits per heavy atom. The molecule has 3 fully saturated rings. The highest BCUT2D eigenvalue weighted by atomic mass is 19.4. The summed E-state index contributed by atoms with van der Waals surface area (Å²) in [4.78, 5) is 29.8. The molecule has 194 valence electrons. The lowest BCUT2D eigenvalue weighted by molar-refractivity contribution is -0.137. The van der Waals surface area contributed by atoms with Gasteiger partial charge in [0, 0.05) is 44.1 Å². The van der Waals surface area contributed by atoms with Crippen LogP contribution in [0.2, 0.25) is 0 Å². The average Bonchev–Trinajstić information content (AvgIpc) is 3.41. The number of amides is 1. The number of ether oxygens (including phenoxy) is 1. The number of carboxylic acids is 1. The van der Waals surface area contributed by atoms with E-state index in [1.807, 2.05) is 6.92 Å². The second kappa shape index (κ2) is 9.40. The number of aromatic carboxylic acids is 1. The molecule has 5 rings (SSSR count). The Hall–Kier alpha value is -3.12. The molecule has 36 heavy (non-hydrogen) atoms. The monoisotopic (exact) mass is 507 g/mol. The van der Waals surface area contributed by atoms with Crippen LogP contribution < -0.4 is 4.90 Å². The first kappa shape index (κ1) is 24.6. The maximum atomic E-state index is 13.6. The van der Waals surface area contributed by atoms with Crippen LogP contribution in [0.15, 0.2) is 30.5 Å². The predicted octanol–water partition coefficient (Wildman–Crippen LogP) is 3.14. The Morgan fingerprint density at radius 3 is 2.47 bits per heavy atom. The van der Waals surface area contributed by atoms with Gasteiger partial charge in [-0.1, -0.05) is 6.07 Å². The first-order chi connectivity index (χ1) is 17.1. The number of morpholine rings is 1. The lowest BCUT2D eigenvalue weighted by Crippen LogP contribution is -2.54. The molecule has 3 aliphatic heterocycles. The molecule has 12 heteroatoms. The van der Waals surface area contributed by atoms with E-state index in [1.54, 1.807) is 11.0 Å². The SMILES string of the molecule is C[C@H]1CN(Cc2ccc(C(F)(F)F)cc2N2C3CCC2COC3)CCN1C(=O)n1ccc(C(=O)O)n1. The minimum Gasteiger partial charge on any atom is -0.476 e. The first-order valence-corrected chi connectivity index (χ1v) is 12.0. The molecule has 0 spiro atoms. The minimum atomic E-state index is -4.42. The molecule has 3 saturated heterocycles. The van der Waals surface area contributed by atoms with Gasteiger partial charge in [0.05, 0.1) is 30.9 Å². The maximum Gasteiger partial charge on any atom is 0.416 e. The number of nitrogens with zero attached hydrogens (tertiary/aromatic N) is 5. The third kappa shape index (κ3) is 4.66. The van der Waals surface area contributed by atoms with Crippen molar-refractivity contribution in [3.8, 4) is 0 Å². The van der Waals surface area contributed by atoms with Crippen LogP contribution in [0.5, 0.6) is 0 Å². The van der Waals surface area contributed by atoms with Crippen LogP contribution in [0.1, 0.15) is 41.4 Å². The van der Waals surface area contributed by atoms with Gasteiger partial charge >= 0.3 is 18.2 Å². The molecule has 3 atom stereocenters. The Balaban J connectivity index is 1.33. The summed E-state index contributed by atoms with van der Waals surface area (Å²) in [6, 6.07) is 4.80. The molecule has 2 bridgehead atoms. The summed E-state index contributed by atoms with van der Waals surface area (Å²) in [5, 5.41) is 12.9. The van der Waals surface area contributed by atoms with Crippen molar-refractivity contribution in [3.63, 3.8) is 0 Å². The number of rotatable bonds is 4. The summed E-state index contributed by atoms with van der Waals surface area (Å²) >= 11 is 0. The van der Waals surface area contributed by atoms with Crippen molar-refractivity contribution >= 4 is 17.7 Å². The van der Waals surface area contributed by atoms with Gasteiger partial charge < -0.3 is 19.6 Å². The molecule has 0 saturated carbocycles. The van der Waals surface area contributed by atoms with Gasteiger partial charge in [-0.05, 0) is 43.5 Å². The summed E-state index contributed by atoms with van der Waals surface area (Å²) < 4.78 is 47.3. The molecule has 9 nitrogen and oxygen atoms in total. The maximum absolute atomic E-state index is 13.6. The number of anilines is 1. The van der Waals surface area contributed by atoms with Gasteiger partial charge in [-0.25, -0.2) is 9.59 Å². The van der Waals surface area contributed by atoms with E-state index in [0.717, 1.165) is 29.2 Å². The third-order valence-corrected chi connectivity index (χ3v) is 7.29. The number of hydrogen-bond acceptors (Lipinski definition) is 6. The fourth-order valence-corrected chi connectivity index (χ4v) is 5.51. The molecule has 1 amide bonds. The molecule has 3 aliphatic rings. The molecular weight excluding hydrogens is 479 g/mol. The van der Waals surface area contributed by atoms with Gasteiger partial charge in [0.25, 0.3) is 0 Å². The zero-order valence-electron chi connectivity index (χ0n) is 19.8.